The number of aliphatic hydroxyl groups is 1. The van der Waals surface area contributed by atoms with Gasteiger partial charge in [0, 0.05) is 17.1 Å². The summed E-state index contributed by atoms with van der Waals surface area (Å²) in [6.07, 6.45) is 2.10. The molecule has 3 nitrogen and oxygen atoms in total. The molecule has 0 bridgehead atoms. The van der Waals surface area contributed by atoms with Crippen molar-refractivity contribution in [1.82, 2.24) is 0 Å². The highest BCUT2D eigenvalue weighted by molar-refractivity contribution is 6.30. The van der Waals surface area contributed by atoms with Gasteiger partial charge in [0.25, 0.3) is 0 Å². The Labute approximate surface area is 129 Å². The summed E-state index contributed by atoms with van der Waals surface area (Å²) in [5, 5.41) is 12.6. The Morgan fingerprint density at radius 2 is 1.86 bits per heavy atom. The number of hydrogen-bond donors (Lipinski definition) is 2. The number of aryl methyl sites for hydroxylation is 1. The normalized spacial score (nSPS) is 10.4. The van der Waals surface area contributed by atoms with Gasteiger partial charge in [0.15, 0.2) is 0 Å². The third-order valence-corrected chi connectivity index (χ3v) is 3.43. The number of halogens is 1. The predicted molar refractivity (Wildman–Crippen MR) is 85.4 cm³/mol. The van der Waals surface area contributed by atoms with Gasteiger partial charge in [0.05, 0.1) is 6.61 Å². The van der Waals surface area contributed by atoms with Gasteiger partial charge in [0.2, 0.25) is 5.91 Å². The Hall–Kier alpha value is -1.84. The van der Waals surface area contributed by atoms with Crippen molar-refractivity contribution < 1.29 is 9.90 Å². The van der Waals surface area contributed by atoms with E-state index >= 15 is 0 Å². The van der Waals surface area contributed by atoms with Crippen molar-refractivity contribution in [3.63, 3.8) is 0 Å². The van der Waals surface area contributed by atoms with Crippen LogP contribution in [0.2, 0.25) is 5.02 Å². The van der Waals surface area contributed by atoms with Crippen LogP contribution in [0.25, 0.3) is 0 Å². The van der Waals surface area contributed by atoms with E-state index in [0.29, 0.717) is 6.42 Å². The molecule has 110 valence electrons. The summed E-state index contributed by atoms with van der Waals surface area (Å²) in [4.78, 5) is 11.9. The van der Waals surface area contributed by atoms with Crippen molar-refractivity contribution >= 4 is 23.2 Å². The van der Waals surface area contributed by atoms with Crippen molar-refractivity contribution in [2.45, 2.75) is 25.9 Å². The summed E-state index contributed by atoms with van der Waals surface area (Å²) in [6, 6.07) is 14.9. The maximum Gasteiger partial charge on any atom is 0.224 e. The van der Waals surface area contributed by atoms with E-state index in [-0.39, 0.29) is 12.5 Å². The molecule has 0 atom stereocenters. The molecule has 0 saturated heterocycles. The lowest BCUT2D eigenvalue weighted by molar-refractivity contribution is -0.116. The molecule has 0 unspecified atom stereocenters. The van der Waals surface area contributed by atoms with Crippen LogP contribution in [0.1, 0.15) is 24.0 Å². The van der Waals surface area contributed by atoms with Gasteiger partial charge in [-0.25, -0.2) is 0 Å². The highest BCUT2D eigenvalue weighted by atomic mass is 35.5. The smallest absolute Gasteiger partial charge is 0.224 e. The first kappa shape index (κ1) is 15.5. The van der Waals surface area contributed by atoms with Crippen molar-refractivity contribution in [3.05, 3.63) is 64.7 Å². The molecule has 0 aromatic heterocycles. The van der Waals surface area contributed by atoms with Crippen LogP contribution >= 0.6 is 11.6 Å². The summed E-state index contributed by atoms with van der Waals surface area (Å²) in [7, 11) is 0. The molecule has 0 spiro atoms. The number of benzene rings is 2. The number of aliphatic hydroxyl groups excluding tert-OH is 1. The maximum atomic E-state index is 11.9. The third-order valence-electron chi connectivity index (χ3n) is 3.18. The van der Waals surface area contributed by atoms with Gasteiger partial charge in [-0.15, -0.1) is 0 Å². The Balaban J connectivity index is 1.78. The Bertz CT molecular complexity index is 596. The molecule has 4 heteroatoms. The second-order valence-electron chi connectivity index (χ2n) is 4.89. The average molecular weight is 304 g/mol. The first-order chi connectivity index (χ1) is 10.2. The lowest BCUT2D eigenvalue weighted by Gasteiger charge is -2.06. The number of rotatable bonds is 6. The fourth-order valence-corrected chi connectivity index (χ4v) is 2.20. The van der Waals surface area contributed by atoms with Crippen LogP contribution in [0.15, 0.2) is 48.5 Å². The SMILES string of the molecule is O=C(CCCc1ccc(Cl)cc1)Nc1cccc(CO)c1. The molecule has 2 aromatic carbocycles. The number of anilines is 1. The summed E-state index contributed by atoms with van der Waals surface area (Å²) in [5.74, 6) is -0.0148. The largest absolute Gasteiger partial charge is 0.392 e. The molecule has 21 heavy (non-hydrogen) atoms. The van der Waals surface area contributed by atoms with Crippen LogP contribution in [0.4, 0.5) is 5.69 Å². The molecule has 0 radical (unpaired) electrons. The summed E-state index contributed by atoms with van der Waals surface area (Å²) >= 11 is 5.83. The highest BCUT2D eigenvalue weighted by Crippen LogP contribution is 2.13. The second-order valence-corrected chi connectivity index (χ2v) is 5.32. The van der Waals surface area contributed by atoms with Crippen LogP contribution in [0.5, 0.6) is 0 Å². The minimum atomic E-state index is -0.0275. The topological polar surface area (TPSA) is 49.3 Å². The number of amides is 1. The Morgan fingerprint density at radius 3 is 2.57 bits per heavy atom. The molecule has 2 aromatic rings. The zero-order chi connectivity index (χ0) is 15.1. The molecular weight excluding hydrogens is 286 g/mol. The summed E-state index contributed by atoms with van der Waals surface area (Å²) in [5.41, 5.74) is 2.68. The van der Waals surface area contributed by atoms with Crippen molar-refractivity contribution in [2.75, 3.05) is 5.32 Å². The fourth-order valence-electron chi connectivity index (χ4n) is 2.08. The number of carbonyl (C=O) groups is 1. The quantitative estimate of drug-likeness (QED) is 0.853. The standard InChI is InChI=1S/C17H18ClNO2/c18-15-9-7-13(8-10-15)3-2-6-17(21)19-16-5-1-4-14(11-16)12-20/h1,4-5,7-11,20H,2-3,6,12H2,(H,19,21). The van der Waals surface area contributed by atoms with E-state index in [1.54, 1.807) is 6.07 Å². The van der Waals surface area contributed by atoms with E-state index in [4.69, 9.17) is 16.7 Å². The van der Waals surface area contributed by atoms with Gasteiger partial charge < -0.3 is 10.4 Å². The minimum absolute atomic E-state index is 0.0148. The van der Waals surface area contributed by atoms with Gasteiger partial charge >= 0.3 is 0 Å². The lowest BCUT2D eigenvalue weighted by atomic mass is 10.1. The molecule has 2 N–H and O–H groups in total. The van der Waals surface area contributed by atoms with Crippen molar-refractivity contribution in [3.8, 4) is 0 Å². The molecule has 0 aliphatic heterocycles. The van der Waals surface area contributed by atoms with Crippen molar-refractivity contribution in [2.24, 2.45) is 0 Å². The number of hydrogen-bond acceptors (Lipinski definition) is 2. The van der Waals surface area contributed by atoms with Crippen LogP contribution in [0, 0.1) is 0 Å². The van der Waals surface area contributed by atoms with E-state index in [0.717, 1.165) is 29.1 Å². The molecule has 2 rings (SSSR count). The molecular formula is C17H18ClNO2. The summed E-state index contributed by atoms with van der Waals surface area (Å²) in [6.45, 7) is -0.0275. The average Bonchev–Trinajstić information content (AvgIpc) is 2.49. The number of nitrogens with one attached hydrogen (secondary N) is 1. The van der Waals surface area contributed by atoms with E-state index in [1.165, 1.54) is 5.56 Å². The minimum Gasteiger partial charge on any atom is -0.392 e. The zero-order valence-electron chi connectivity index (χ0n) is 11.7. The third kappa shape index (κ3) is 5.21. The maximum absolute atomic E-state index is 11.9. The van der Waals surface area contributed by atoms with E-state index < -0.39 is 0 Å². The molecule has 0 heterocycles. The molecule has 0 aliphatic carbocycles. The predicted octanol–water partition coefficient (Wildman–Crippen LogP) is 3.79. The first-order valence-electron chi connectivity index (χ1n) is 6.91. The van der Waals surface area contributed by atoms with Crippen LogP contribution < -0.4 is 5.32 Å². The van der Waals surface area contributed by atoms with E-state index in [1.807, 2.05) is 42.5 Å². The first-order valence-corrected chi connectivity index (χ1v) is 7.29. The highest BCUT2D eigenvalue weighted by Gasteiger charge is 2.03. The van der Waals surface area contributed by atoms with Gasteiger partial charge in [-0.3, -0.25) is 4.79 Å². The van der Waals surface area contributed by atoms with Crippen LogP contribution in [-0.2, 0) is 17.8 Å². The van der Waals surface area contributed by atoms with Crippen molar-refractivity contribution in [1.29, 1.82) is 0 Å². The van der Waals surface area contributed by atoms with Crippen LogP contribution in [0.3, 0.4) is 0 Å². The zero-order valence-corrected chi connectivity index (χ0v) is 12.4. The molecule has 0 fully saturated rings. The lowest BCUT2D eigenvalue weighted by Crippen LogP contribution is -2.11. The second kappa shape index (κ2) is 7.81. The fraction of sp³-hybridized carbons (Fsp3) is 0.235. The van der Waals surface area contributed by atoms with Gasteiger partial charge in [-0.2, -0.15) is 0 Å². The summed E-state index contributed by atoms with van der Waals surface area (Å²) < 4.78 is 0. The Morgan fingerprint density at radius 1 is 1.10 bits per heavy atom. The number of carbonyl (C=O) groups excluding carboxylic acids is 1. The van der Waals surface area contributed by atoms with E-state index in [2.05, 4.69) is 5.32 Å². The van der Waals surface area contributed by atoms with Gasteiger partial charge in [-0.05, 0) is 48.2 Å². The van der Waals surface area contributed by atoms with Gasteiger partial charge in [0.1, 0.15) is 0 Å². The molecule has 1 amide bonds. The van der Waals surface area contributed by atoms with Crippen LogP contribution in [-0.4, -0.2) is 11.0 Å². The Kier molecular flexibility index (Phi) is 5.78. The van der Waals surface area contributed by atoms with E-state index in [9.17, 15) is 4.79 Å². The molecule has 0 aliphatic rings. The monoisotopic (exact) mass is 303 g/mol. The molecule has 0 saturated carbocycles. The van der Waals surface area contributed by atoms with Gasteiger partial charge in [-0.1, -0.05) is 35.9 Å².